The lowest BCUT2D eigenvalue weighted by atomic mass is 10.3. The van der Waals surface area contributed by atoms with E-state index in [-0.39, 0.29) is 5.69 Å². The number of aromatic amines is 2. The van der Waals surface area contributed by atoms with Crippen molar-refractivity contribution in [3.8, 4) is 5.75 Å². The molecule has 0 saturated carbocycles. The zero-order valence-corrected chi connectivity index (χ0v) is 8.44. The summed E-state index contributed by atoms with van der Waals surface area (Å²) in [6.45, 7) is 0. The summed E-state index contributed by atoms with van der Waals surface area (Å²) in [5, 5.41) is 0. The second-order valence-corrected chi connectivity index (χ2v) is 3.43. The molecule has 4 nitrogen and oxygen atoms in total. The van der Waals surface area contributed by atoms with Gasteiger partial charge in [0, 0.05) is 4.47 Å². The third-order valence-electron chi connectivity index (χ3n) is 1.81. The lowest BCUT2D eigenvalue weighted by Crippen LogP contribution is -1.99. The van der Waals surface area contributed by atoms with E-state index in [2.05, 4.69) is 25.9 Å². The number of hydrogen-bond acceptors (Lipinski definition) is 2. The van der Waals surface area contributed by atoms with E-state index in [1.54, 1.807) is 13.2 Å². The molecule has 0 amide bonds. The van der Waals surface area contributed by atoms with Crippen molar-refractivity contribution in [2.24, 2.45) is 0 Å². The summed E-state index contributed by atoms with van der Waals surface area (Å²) >= 11 is 3.33. The van der Waals surface area contributed by atoms with Crippen LogP contribution in [0.4, 0.5) is 0 Å². The van der Waals surface area contributed by atoms with Gasteiger partial charge in [0.15, 0.2) is 0 Å². The molecule has 1 aromatic heterocycles. The van der Waals surface area contributed by atoms with Crippen LogP contribution < -0.4 is 10.4 Å². The molecule has 0 aliphatic rings. The quantitative estimate of drug-likeness (QED) is 0.799. The molecule has 2 aromatic rings. The van der Waals surface area contributed by atoms with Crippen LogP contribution in [0.2, 0.25) is 0 Å². The van der Waals surface area contributed by atoms with E-state index >= 15 is 0 Å². The highest BCUT2D eigenvalue weighted by atomic mass is 79.9. The van der Waals surface area contributed by atoms with Crippen LogP contribution >= 0.6 is 15.9 Å². The molecule has 0 radical (unpaired) electrons. The molecule has 0 spiro atoms. The number of halogens is 1. The summed E-state index contributed by atoms with van der Waals surface area (Å²) in [4.78, 5) is 16.3. The molecule has 68 valence electrons. The summed E-state index contributed by atoms with van der Waals surface area (Å²) in [5.74, 6) is 0.650. The van der Waals surface area contributed by atoms with E-state index < -0.39 is 0 Å². The smallest absolute Gasteiger partial charge is 0.323 e. The Labute approximate surface area is 82.0 Å². The third-order valence-corrected chi connectivity index (χ3v) is 2.47. The number of H-pyrrole nitrogens is 2. The summed E-state index contributed by atoms with van der Waals surface area (Å²) in [7, 11) is 1.56. The first kappa shape index (κ1) is 8.37. The first-order valence-electron chi connectivity index (χ1n) is 3.67. The topological polar surface area (TPSA) is 57.9 Å². The van der Waals surface area contributed by atoms with Crippen LogP contribution in [0.5, 0.6) is 5.75 Å². The minimum Gasteiger partial charge on any atom is -0.494 e. The molecule has 2 rings (SSSR count). The Morgan fingerprint density at radius 1 is 1.31 bits per heavy atom. The molecule has 0 bridgehead atoms. The van der Waals surface area contributed by atoms with Gasteiger partial charge < -0.3 is 14.7 Å². The number of methoxy groups -OCH3 is 1. The molecule has 0 aliphatic carbocycles. The fourth-order valence-corrected chi connectivity index (χ4v) is 1.66. The largest absolute Gasteiger partial charge is 0.494 e. The van der Waals surface area contributed by atoms with Crippen LogP contribution in [0.25, 0.3) is 11.0 Å². The Hall–Kier alpha value is -1.23. The first-order valence-corrected chi connectivity index (χ1v) is 4.46. The predicted octanol–water partition coefficient (Wildman–Crippen LogP) is 1.63. The van der Waals surface area contributed by atoms with Crippen molar-refractivity contribution in [1.29, 1.82) is 0 Å². The van der Waals surface area contributed by atoms with Gasteiger partial charge >= 0.3 is 5.69 Å². The molecule has 0 unspecified atom stereocenters. The molecule has 0 saturated heterocycles. The molecule has 2 N–H and O–H groups in total. The van der Waals surface area contributed by atoms with E-state index in [4.69, 9.17) is 4.74 Å². The van der Waals surface area contributed by atoms with Crippen molar-refractivity contribution in [2.45, 2.75) is 0 Å². The maximum atomic E-state index is 11.0. The zero-order valence-electron chi connectivity index (χ0n) is 6.85. The van der Waals surface area contributed by atoms with Gasteiger partial charge in [0.05, 0.1) is 12.6 Å². The van der Waals surface area contributed by atoms with E-state index in [1.807, 2.05) is 6.07 Å². The standard InChI is InChI=1S/C8H7BrN2O2/c1-13-5-3-2-4(9)6-7(5)11-8(12)10-6/h2-3H,1H3,(H2,10,11,12). The number of benzene rings is 1. The molecule has 13 heavy (non-hydrogen) atoms. The van der Waals surface area contributed by atoms with Crippen LogP contribution in [0.1, 0.15) is 0 Å². The minimum atomic E-state index is -0.236. The maximum absolute atomic E-state index is 11.0. The number of imidazole rings is 1. The van der Waals surface area contributed by atoms with Crippen LogP contribution in [-0.4, -0.2) is 17.1 Å². The van der Waals surface area contributed by atoms with Crippen molar-refractivity contribution in [3.05, 3.63) is 27.1 Å². The van der Waals surface area contributed by atoms with E-state index in [0.29, 0.717) is 11.3 Å². The average molecular weight is 243 g/mol. The normalized spacial score (nSPS) is 10.6. The van der Waals surface area contributed by atoms with Crippen LogP contribution in [0, 0.1) is 0 Å². The van der Waals surface area contributed by atoms with Gasteiger partial charge in [0.2, 0.25) is 0 Å². The van der Waals surface area contributed by atoms with Crippen LogP contribution in [0.3, 0.4) is 0 Å². The predicted molar refractivity (Wildman–Crippen MR) is 53.2 cm³/mol. The van der Waals surface area contributed by atoms with Crippen LogP contribution in [0.15, 0.2) is 21.4 Å². The molecule has 1 aromatic carbocycles. The fourth-order valence-electron chi connectivity index (χ4n) is 1.23. The van der Waals surface area contributed by atoms with E-state index in [1.165, 1.54) is 0 Å². The lowest BCUT2D eigenvalue weighted by Gasteiger charge is -2.00. The number of nitrogens with one attached hydrogen (secondary N) is 2. The molecular weight excluding hydrogens is 236 g/mol. The van der Waals surface area contributed by atoms with E-state index in [9.17, 15) is 4.79 Å². The Balaban J connectivity index is 2.91. The minimum absolute atomic E-state index is 0.236. The summed E-state index contributed by atoms with van der Waals surface area (Å²) in [6.07, 6.45) is 0. The van der Waals surface area contributed by atoms with Gasteiger partial charge in [-0.2, -0.15) is 0 Å². The van der Waals surface area contributed by atoms with Gasteiger partial charge in [-0.3, -0.25) is 0 Å². The number of ether oxygens (including phenoxy) is 1. The van der Waals surface area contributed by atoms with Gasteiger partial charge in [-0.05, 0) is 28.1 Å². The second-order valence-electron chi connectivity index (χ2n) is 2.58. The monoisotopic (exact) mass is 242 g/mol. The molecule has 0 fully saturated rings. The maximum Gasteiger partial charge on any atom is 0.323 e. The van der Waals surface area contributed by atoms with Crippen molar-refractivity contribution < 1.29 is 4.74 Å². The number of hydrogen-bond donors (Lipinski definition) is 2. The number of aromatic nitrogens is 2. The Morgan fingerprint density at radius 2 is 2.00 bits per heavy atom. The van der Waals surface area contributed by atoms with Crippen molar-refractivity contribution in [1.82, 2.24) is 9.97 Å². The lowest BCUT2D eigenvalue weighted by molar-refractivity contribution is 0.419. The fraction of sp³-hybridized carbons (Fsp3) is 0.125. The van der Waals surface area contributed by atoms with Gasteiger partial charge in [-0.15, -0.1) is 0 Å². The van der Waals surface area contributed by atoms with Gasteiger partial charge in [0.25, 0.3) is 0 Å². The Morgan fingerprint density at radius 3 is 2.69 bits per heavy atom. The van der Waals surface area contributed by atoms with Crippen molar-refractivity contribution in [2.75, 3.05) is 7.11 Å². The highest BCUT2D eigenvalue weighted by molar-refractivity contribution is 9.10. The first-order chi connectivity index (χ1) is 6.22. The summed E-state index contributed by atoms with van der Waals surface area (Å²) in [6, 6.07) is 3.61. The Bertz CT molecular complexity index is 500. The average Bonchev–Trinajstić information content (AvgIpc) is 2.48. The molecule has 0 aliphatic heterocycles. The van der Waals surface area contributed by atoms with Gasteiger partial charge in [0.1, 0.15) is 11.3 Å². The van der Waals surface area contributed by atoms with Crippen LogP contribution in [-0.2, 0) is 0 Å². The molecule has 0 atom stereocenters. The van der Waals surface area contributed by atoms with Gasteiger partial charge in [-0.1, -0.05) is 0 Å². The van der Waals surface area contributed by atoms with Crippen molar-refractivity contribution >= 4 is 27.0 Å². The number of fused-ring (bicyclic) bond motifs is 1. The highest BCUT2D eigenvalue weighted by Gasteiger charge is 2.07. The third kappa shape index (κ3) is 1.25. The van der Waals surface area contributed by atoms with Gasteiger partial charge in [-0.25, -0.2) is 4.79 Å². The molecule has 5 heteroatoms. The van der Waals surface area contributed by atoms with Crippen molar-refractivity contribution in [3.63, 3.8) is 0 Å². The molecular formula is C8H7BrN2O2. The summed E-state index contributed by atoms with van der Waals surface area (Å²) < 4.78 is 5.92. The summed E-state index contributed by atoms with van der Waals surface area (Å²) in [5.41, 5.74) is 1.17. The number of rotatable bonds is 1. The zero-order chi connectivity index (χ0) is 9.42. The molecule has 1 heterocycles. The second kappa shape index (κ2) is 2.92. The van der Waals surface area contributed by atoms with E-state index in [0.717, 1.165) is 9.99 Å². The Kier molecular flexibility index (Phi) is 1.88. The SMILES string of the molecule is COc1ccc(Br)c2[nH]c(=O)[nH]c12. The highest BCUT2D eigenvalue weighted by Crippen LogP contribution is 2.27.